The van der Waals surface area contributed by atoms with Crippen LogP contribution in [-0.4, -0.2) is 4.98 Å². The van der Waals surface area contributed by atoms with E-state index in [0.717, 1.165) is 6.07 Å². The standard InChI is InChI=1S/C8H5F3N2S/c1-4-2-6(8(9,10)11)5(3-12)7(14)13-4/h2H,1H3,(H,13,14). The molecule has 1 rings (SSSR count). The van der Waals surface area contributed by atoms with Gasteiger partial charge < -0.3 is 0 Å². The highest BCUT2D eigenvalue weighted by atomic mass is 32.1. The lowest BCUT2D eigenvalue weighted by Gasteiger charge is -2.10. The van der Waals surface area contributed by atoms with Crippen molar-refractivity contribution in [2.24, 2.45) is 0 Å². The minimum absolute atomic E-state index is 0.182. The predicted octanol–water partition coefficient (Wildman–Crippen LogP) is 2.57. The Bertz CT molecular complexity index is 406. The molecule has 0 bridgehead atoms. The largest absolute Gasteiger partial charge is 0.417 e. The van der Waals surface area contributed by atoms with Gasteiger partial charge in [0.05, 0.1) is 11.1 Å². The summed E-state index contributed by atoms with van der Waals surface area (Å²) in [4.78, 5) is 3.66. The van der Waals surface area contributed by atoms with Gasteiger partial charge in [-0.2, -0.15) is 18.4 Å². The second-order valence-corrected chi connectivity index (χ2v) is 3.04. The molecule has 0 aliphatic rings. The van der Waals surface area contributed by atoms with Gasteiger partial charge in [-0.3, -0.25) is 0 Å². The van der Waals surface area contributed by atoms with E-state index in [0.29, 0.717) is 0 Å². The van der Waals surface area contributed by atoms with E-state index in [1.807, 2.05) is 0 Å². The average Bonchev–Trinajstić information content (AvgIpc) is 2.01. The topological polar surface area (TPSA) is 36.7 Å². The zero-order valence-corrected chi connectivity index (χ0v) is 7.95. The summed E-state index contributed by atoms with van der Waals surface area (Å²) in [6.45, 7) is 1.41. The molecule has 0 fully saturated rings. The number of pyridine rings is 1. The minimum atomic E-state index is -4.55. The van der Waals surface area contributed by atoms with Gasteiger partial charge in [-0.25, -0.2) is 4.98 Å². The van der Waals surface area contributed by atoms with Crippen LogP contribution >= 0.6 is 12.6 Å². The van der Waals surface area contributed by atoms with Gasteiger partial charge in [-0.1, -0.05) is 0 Å². The van der Waals surface area contributed by atoms with E-state index in [-0.39, 0.29) is 10.7 Å². The van der Waals surface area contributed by atoms with Crippen LogP contribution in [0.15, 0.2) is 11.1 Å². The molecule has 0 N–H and O–H groups in total. The molecule has 2 nitrogen and oxygen atoms in total. The quantitative estimate of drug-likeness (QED) is 0.679. The lowest BCUT2D eigenvalue weighted by atomic mass is 10.1. The third kappa shape index (κ3) is 1.99. The number of nitriles is 1. The second-order valence-electron chi connectivity index (χ2n) is 2.62. The first kappa shape index (κ1) is 10.9. The van der Waals surface area contributed by atoms with Gasteiger partial charge in [0.1, 0.15) is 11.1 Å². The number of thiol groups is 1. The third-order valence-corrected chi connectivity index (χ3v) is 1.87. The molecule has 0 aliphatic heterocycles. The van der Waals surface area contributed by atoms with Crippen LogP contribution < -0.4 is 0 Å². The first-order chi connectivity index (χ1) is 6.36. The minimum Gasteiger partial charge on any atom is -0.246 e. The summed E-state index contributed by atoms with van der Waals surface area (Å²) in [7, 11) is 0. The maximum Gasteiger partial charge on any atom is 0.417 e. The molecule has 0 radical (unpaired) electrons. The van der Waals surface area contributed by atoms with Crippen molar-refractivity contribution in [1.29, 1.82) is 5.26 Å². The molecule has 1 aromatic heterocycles. The van der Waals surface area contributed by atoms with Gasteiger partial charge in [-0.05, 0) is 13.0 Å². The molecule has 1 heterocycles. The molecule has 0 amide bonds. The maximum atomic E-state index is 12.4. The van der Waals surface area contributed by atoms with Crippen molar-refractivity contribution in [2.45, 2.75) is 18.1 Å². The third-order valence-electron chi connectivity index (χ3n) is 1.55. The molecule has 74 valence electrons. The van der Waals surface area contributed by atoms with Crippen molar-refractivity contribution in [3.63, 3.8) is 0 Å². The highest BCUT2D eigenvalue weighted by molar-refractivity contribution is 7.80. The highest BCUT2D eigenvalue weighted by Gasteiger charge is 2.35. The average molecular weight is 218 g/mol. The molecule has 6 heteroatoms. The van der Waals surface area contributed by atoms with E-state index in [9.17, 15) is 13.2 Å². The van der Waals surface area contributed by atoms with Crippen LogP contribution in [0.4, 0.5) is 13.2 Å². The molecule has 0 atom stereocenters. The summed E-state index contributed by atoms with van der Waals surface area (Å²) in [6.07, 6.45) is -4.55. The Morgan fingerprint density at radius 2 is 2.07 bits per heavy atom. The van der Waals surface area contributed by atoms with E-state index in [2.05, 4.69) is 17.6 Å². The Hall–Kier alpha value is -1.22. The zero-order valence-electron chi connectivity index (χ0n) is 7.05. The SMILES string of the molecule is Cc1cc(C(F)(F)F)c(C#N)c(S)n1. The number of aryl methyl sites for hydroxylation is 1. The van der Waals surface area contributed by atoms with Crippen molar-refractivity contribution in [3.05, 3.63) is 22.9 Å². The number of alkyl halides is 3. The van der Waals surface area contributed by atoms with Gasteiger partial charge >= 0.3 is 6.18 Å². The van der Waals surface area contributed by atoms with Crippen LogP contribution in [0.5, 0.6) is 0 Å². The molecule has 0 aromatic carbocycles. The van der Waals surface area contributed by atoms with Crippen molar-refractivity contribution >= 4 is 12.6 Å². The van der Waals surface area contributed by atoms with Crippen molar-refractivity contribution in [3.8, 4) is 6.07 Å². The molecule has 0 unspecified atom stereocenters. The lowest BCUT2D eigenvalue weighted by molar-refractivity contribution is -0.138. The van der Waals surface area contributed by atoms with Crippen molar-refractivity contribution < 1.29 is 13.2 Å². The van der Waals surface area contributed by atoms with Gasteiger partial charge in [0.2, 0.25) is 0 Å². The molecule has 14 heavy (non-hydrogen) atoms. The Labute approximate surface area is 83.8 Å². The number of halogens is 3. The summed E-state index contributed by atoms with van der Waals surface area (Å²) in [6, 6.07) is 2.27. The van der Waals surface area contributed by atoms with Gasteiger partial charge in [-0.15, -0.1) is 12.6 Å². The van der Waals surface area contributed by atoms with Crippen LogP contribution in [0.3, 0.4) is 0 Å². The molecular formula is C8H5F3N2S. The maximum absolute atomic E-state index is 12.4. The van der Waals surface area contributed by atoms with E-state index in [1.165, 1.54) is 13.0 Å². The summed E-state index contributed by atoms with van der Waals surface area (Å²) in [5.74, 6) is 0. The Kier molecular flexibility index (Phi) is 2.71. The molecule has 0 saturated heterocycles. The Balaban J connectivity index is 3.50. The predicted molar refractivity (Wildman–Crippen MR) is 45.9 cm³/mol. The van der Waals surface area contributed by atoms with E-state index in [1.54, 1.807) is 0 Å². The smallest absolute Gasteiger partial charge is 0.246 e. The Morgan fingerprint density at radius 3 is 2.50 bits per heavy atom. The lowest BCUT2D eigenvalue weighted by Crippen LogP contribution is -2.10. The number of hydrogen-bond donors (Lipinski definition) is 1. The Morgan fingerprint density at radius 1 is 1.50 bits per heavy atom. The van der Waals surface area contributed by atoms with Gasteiger partial charge in [0.15, 0.2) is 0 Å². The van der Waals surface area contributed by atoms with Gasteiger partial charge in [0.25, 0.3) is 0 Å². The highest BCUT2D eigenvalue weighted by Crippen LogP contribution is 2.33. The summed E-state index contributed by atoms with van der Waals surface area (Å²) >= 11 is 3.72. The monoisotopic (exact) mass is 218 g/mol. The van der Waals surface area contributed by atoms with Crippen molar-refractivity contribution in [2.75, 3.05) is 0 Å². The molecule has 0 spiro atoms. The number of rotatable bonds is 0. The fourth-order valence-electron chi connectivity index (χ4n) is 0.991. The zero-order chi connectivity index (χ0) is 10.9. The summed E-state index contributed by atoms with van der Waals surface area (Å²) in [5, 5.41) is 8.32. The first-order valence-electron chi connectivity index (χ1n) is 3.54. The van der Waals surface area contributed by atoms with E-state index < -0.39 is 17.3 Å². The van der Waals surface area contributed by atoms with Crippen molar-refractivity contribution in [1.82, 2.24) is 4.98 Å². The fraction of sp³-hybridized carbons (Fsp3) is 0.250. The van der Waals surface area contributed by atoms with E-state index >= 15 is 0 Å². The summed E-state index contributed by atoms with van der Waals surface area (Å²) < 4.78 is 37.1. The normalized spacial score (nSPS) is 11.1. The van der Waals surface area contributed by atoms with Gasteiger partial charge in [0, 0.05) is 5.69 Å². The van der Waals surface area contributed by atoms with Crippen LogP contribution in [0.25, 0.3) is 0 Å². The molecule has 1 aromatic rings. The second kappa shape index (κ2) is 3.50. The van der Waals surface area contributed by atoms with Crippen LogP contribution in [0.1, 0.15) is 16.8 Å². The van der Waals surface area contributed by atoms with E-state index in [4.69, 9.17) is 5.26 Å². The van der Waals surface area contributed by atoms with Crippen LogP contribution in [-0.2, 0) is 6.18 Å². The molecular weight excluding hydrogens is 213 g/mol. The van der Waals surface area contributed by atoms with Crippen LogP contribution in [0, 0.1) is 18.3 Å². The number of hydrogen-bond acceptors (Lipinski definition) is 3. The van der Waals surface area contributed by atoms with Crippen LogP contribution in [0.2, 0.25) is 0 Å². The number of aromatic nitrogens is 1. The summed E-state index contributed by atoms with van der Waals surface area (Å²) in [5.41, 5.74) is -1.34. The molecule has 0 saturated carbocycles. The number of nitrogens with zero attached hydrogens (tertiary/aromatic N) is 2. The fourth-order valence-corrected chi connectivity index (χ4v) is 1.32. The molecule has 0 aliphatic carbocycles. The first-order valence-corrected chi connectivity index (χ1v) is 3.99.